The van der Waals surface area contributed by atoms with E-state index in [9.17, 15) is 5.11 Å². The first-order valence-electron chi connectivity index (χ1n) is 5.33. The normalized spacial score (nSPS) is 15.3. The van der Waals surface area contributed by atoms with Crippen LogP contribution in [0, 0.1) is 0 Å². The topological polar surface area (TPSA) is 58.0 Å². The molecule has 0 amide bonds. The van der Waals surface area contributed by atoms with Crippen LogP contribution in [-0.2, 0) is 0 Å². The van der Waals surface area contributed by atoms with Crippen LogP contribution in [0.25, 0.3) is 0 Å². The van der Waals surface area contributed by atoms with Gasteiger partial charge < -0.3 is 10.4 Å². The van der Waals surface area contributed by atoms with E-state index in [1.165, 1.54) is 0 Å². The molecule has 1 rings (SSSR count). The van der Waals surface area contributed by atoms with Crippen molar-refractivity contribution in [2.45, 2.75) is 43.1 Å². The van der Waals surface area contributed by atoms with Crippen LogP contribution >= 0.6 is 23.1 Å². The Labute approximate surface area is 105 Å². The average molecular weight is 261 g/mol. The second-order valence-electron chi connectivity index (χ2n) is 4.32. The van der Waals surface area contributed by atoms with Crippen LogP contribution in [0.5, 0.6) is 0 Å². The molecule has 0 aliphatic heterocycles. The molecule has 16 heavy (non-hydrogen) atoms. The predicted octanol–water partition coefficient (Wildman–Crippen LogP) is 1.77. The van der Waals surface area contributed by atoms with Crippen LogP contribution in [0.1, 0.15) is 27.2 Å². The largest absolute Gasteiger partial charge is 0.394 e. The van der Waals surface area contributed by atoms with Gasteiger partial charge in [0.1, 0.15) is 5.51 Å². The molecule has 2 N–H and O–H groups in total. The highest BCUT2D eigenvalue weighted by molar-refractivity contribution is 8.00. The molecule has 0 fully saturated rings. The van der Waals surface area contributed by atoms with Crippen molar-refractivity contribution >= 4 is 23.1 Å². The van der Waals surface area contributed by atoms with Crippen LogP contribution < -0.4 is 5.32 Å². The Hall–Kier alpha value is -0.170. The maximum absolute atomic E-state index is 9.39. The minimum atomic E-state index is -0.203. The van der Waals surface area contributed by atoms with E-state index in [-0.39, 0.29) is 12.1 Å². The van der Waals surface area contributed by atoms with Gasteiger partial charge in [-0.3, -0.25) is 0 Å². The highest BCUT2D eigenvalue weighted by Crippen LogP contribution is 2.22. The number of aliphatic hydroxyl groups excluding tert-OH is 1. The zero-order valence-electron chi connectivity index (χ0n) is 9.93. The Morgan fingerprint density at radius 2 is 2.38 bits per heavy atom. The van der Waals surface area contributed by atoms with E-state index < -0.39 is 0 Å². The number of nitrogens with one attached hydrogen (secondary N) is 1. The second-order valence-corrected chi connectivity index (χ2v) is 6.50. The number of aromatic nitrogens is 2. The van der Waals surface area contributed by atoms with Crippen molar-refractivity contribution < 1.29 is 5.11 Å². The summed E-state index contributed by atoms with van der Waals surface area (Å²) in [6, 6.07) is 0.378. The van der Waals surface area contributed by atoms with Gasteiger partial charge in [0, 0.05) is 17.3 Å². The molecule has 0 aliphatic carbocycles. The van der Waals surface area contributed by atoms with E-state index in [0.29, 0.717) is 6.04 Å². The molecule has 1 atom stereocenters. The number of aliphatic hydroxyl groups is 1. The van der Waals surface area contributed by atoms with Crippen LogP contribution in [0.15, 0.2) is 9.85 Å². The summed E-state index contributed by atoms with van der Waals surface area (Å²) < 4.78 is 0.991. The van der Waals surface area contributed by atoms with E-state index in [0.717, 1.165) is 16.5 Å². The maximum Gasteiger partial charge on any atom is 0.174 e. The number of hydrogen-bond donors (Lipinski definition) is 2. The zero-order valence-corrected chi connectivity index (χ0v) is 11.6. The molecular weight excluding hydrogens is 242 g/mol. The first-order valence-corrected chi connectivity index (χ1v) is 7.20. The number of rotatable bonds is 7. The van der Waals surface area contributed by atoms with E-state index in [2.05, 4.69) is 29.4 Å². The van der Waals surface area contributed by atoms with E-state index in [1.54, 1.807) is 28.6 Å². The molecule has 6 heteroatoms. The number of nitrogens with zero attached hydrogens (tertiary/aromatic N) is 2. The maximum atomic E-state index is 9.39. The predicted molar refractivity (Wildman–Crippen MR) is 69.0 cm³/mol. The van der Waals surface area contributed by atoms with Crippen molar-refractivity contribution in [3.8, 4) is 0 Å². The lowest BCUT2D eigenvalue weighted by Gasteiger charge is -2.30. The highest BCUT2D eigenvalue weighted by Gasteiger charge is 2.23. The van der Waals surface area contributed by atoms with Crippen molar-refractivity contribution in [1.82, 2.24) is 15.5 Å². The third-order valence-corrected chi connectivity index (χ3v) is 4.07. The van der Waals surface area contributed by atoms with Gasteiger partial charge in [0.15, 0.2) is 4.34 Å². The van der Waals surface area contributed by atoms with E-state index in [4.69, 9.17) is 0 Å². The molecule has 1 unspecified atom stereocenters. The summed E-state index contributed by atoms with van der Waals surface area (Å²) in [4.78, 5) is 0. The SMILES string of the molecule is CC(C)NC(C)(CO)CCSc1nncs1. The summed E-state index contributed by atoms with van der Waals surface area (Å²) in [5.41, 5.74) is 1.53. The Kier molecular flexibility index (Phi) is 5.68. The van der Waals surface area contributed by atoms with Gasteiger partial charge >= 0.3 is 0 Å². The Morgan fingerprint density at radius 3 is 2.88 bits per heavy atom. The summed E-state index contributed by atoms with van der Waals surface area (Å²) in [6.07, 6.45) is 0.909. The molecule has 0 aliphatic rings. The van der Waals surface area contributed by atoms with Crippen molar-refractivity contribution in [2.75, 3.05) is 12.4 Å². The molecule has 0 aromatic carbocycles. The fourth-order valence-electron chi connectivity index (χ4n) is 1.48. The summed E-state index contributed by atoms with van der Waals surface area (Å²) >= 11 is 3.24. The molecule has 4 nitrogen and oxygen atoms in total. The fraction of sp³-hybridized carbons (Fsp3) is 0.800. The lowest BCUT2D eigenvalue weighted by molar-refractivity contribution is 0.162. The standard InChI is InChI=1S/C10H19N3OS2/c1-8(2)12-10(3,6-14)4-5-15-9-13-11-7-16-9/h7-8,12,14H,4-6H2,1-3H3. The Bertz CT molecular complexity index is 292. The van der Waals surface area contributed by atoms with Crippen LogP contribution in [-0.4, -0.2) is 39.2 Å². The molecule has 1 heterocycles. The van der Waals surface area contributed by atoms with Crippen LogP contribution in [0.4, 0.5) is 0 Å². The third-order valence-electron chi connectivity index (χ3n) is 2.21. The molecule has 1 aromatic heterocycles. The van der Waals surface area contributed by atoms with Crippen molar-refractivity contribution in [2.24, 2.45) is 0 Å². The lowest BCUT2D eigenvalue weighted by atomic mass is 9.99. The highest BCUT2D eigenvalue weighted by atomic mass is 32.2. The van der Waals surface area contributed by atoms with Gasteiger partial charge in [0.05, 0.1) is 6.61 Å². The molecule has 1 aromatic rings. The van der Waals surface area contributed by atoms with Gasteiger partial charge in [-0.2, -0.15) is 0 Å². The summed E-state index contributed by atoms with van der Waals surface area (Å²) in [5.74, 6) is 0.936. The number of hydrogen-bond acceptors (Lipinski definition) is 6. The quantitative estimate of drug-likeness (QED) is 0.733. The van der Waals surface area contributed by atoms with Gasteiger partial charge in [0.25, 0.3) is 0 Å². The van der Waals surface area contributed by atoms with Crippen molar-refractivity contribution in [3.63, 3.8) is 0 Å². The fourth-order valence-corrected chi connectivity index (χ4v) is 3.25. The first kappa shape index (κ1) is 13.9. The van der Waals surface area contributed by atoms with Crippen LogP contribution in [0.2, 0.25) is 0 Å². The minimum Gasteiger partial charge on any atom is -0.394 e. The van der Waals surface area contributed by atoms with E-state index in [1.807, 2.05) is 6.92 Å². The molecule has 0 saturated heterocycles. The molecule has 0 saturated carbocycles. The molecule has 0 bridgehead atoms. The second kappa shape index (κ2) is 6.54. The van der Waals surface area contributed by atoms with Gasteiger partial charge in [-0.05, 0) is 13.3 Å². The van der Waals surface area contributed by atoms with Gasteiger partial charge in [-0.15, -0.1) is 10.2 Å². The molecule has 0 radical (unpaired) electrons. The summed E-state index contributed by atoms with van der Waals surface area (Å²) in [5, 5.41) is 20.5. The van der Waals surface area contributed by atoms with E-state index >= 15 is 0 Å². The van der Waals surface area contributed by atoms with Gasteiger partial charge in [0.2, 0.25) is 0 Å². The smallest absolute Gasteiger partial charge is 0.174 e. The minimum absolute atomic E-state index is 0.155. The van der Waals surface area contributed by atoms with Crippen LogP contribution in [0.3, 0.4) is 0 Å². The zero-order chi connectivity index (χ0) is 12.0. The summed E-state index contributed by atoms with van der Waals surface area (Å²) in [6.45, 7) is 6.38. The molecule has 0 spiro atoms. The van der Waals surface area contributed by atoms with Gasteiger partial charge in [-0.25, -0.2) is 0 Å². The first-order chi connectivity index (χ1) is 7.56. The monoisotopic (exact) mass is 261 g/mol. The average Bonchev–Trinajstić information content (AvgIpc) is 2.69. The molecule has 92 valence electrons. The Morgan fingerprint density at radius 1 is 1.62 bits per heavy atom. The Balaban J connectivity index is 2.33. The van der Waals surface area contributed by atoms with Gasteiger partial charge in [-0.1, -0.05) is 36.9 Å². The lowest BCUT2D eigenvalue weighted by Crippen LogP contribution is -2.49. The van der Waals surface area contributed by atoms with Crippen molar-refractivity contribution in [1.29, 1.82) is 0 Å². The number of thioether (sulfide) groups is 1. The third kappa shape index (κ3) is 4.78. The molecular formula is C10H19N3OS2. The van der Waals surface area contributed by atoms with Crippen molar-refractivity contribution in [3.05, 3.63) is 5.51 Å². The summed E-state index contributed by atoms with van der Waals surface area (Å²) in [7, 11) is 0.